The van der Waals surface area contributed by atoms with Crippen LogP contribution in [0.15, 0.2) is 112 Å². The van der Waals surface area contributed by atoms with Gasteiger partial charge < -0.3 is 0 Å². The molecule has 0 heterocycles. The summed E-state index contributed by atoms with van der Waals surface area (Å²) in [6.07, 6.45) is 0. The zero-order chi connectivity index (χ0) is 20.1. The standard InChI is InChI=1S/C22H17N3O3S/c26-29(27,28-25-22-12-6-8-17-7-4-5-11-21(17)22)20-15-13-19(14-16-20)24-23-18-9-2-1-3-10-18/h1-16,25H/b24-23+. The van der Waals surface area contributed by atoms with Crippen LogP contribution in [0.25, 0.3) is 10.8 Å². The van der Waals surface area contributed by atoms with E-state index >= 15 is 0 Å². The Kier molecular flexibility index (Phi) is 5.33. The van der Waals surface area contributed by atoms with Crippen LogP contribution in [-0.4, -0.2) is 8.42 Å². The van der Waals surface area contributed by atoms with E-state index in [0.717, 1.165) is 10.8 Å². The number of azo groups is 1. The van der Waals surface area contributed by atoms with Crippen molar-refractivity contribution in [2.24, 2.45) is 10.2 Å². The average molecular weight is 403 g/mol. The van der Waals surface area contributed by atoms with E-state index in [9.17, 15) is 8.42 Å². The molecule has 0 radical (unpaired) electrons. The zero-order valence-corrected chi connectivity index (χ0v) is 16.1. The van der Waals surface area contributed by atoms with E-state index in [-0.39, 0.29) is 4.90 Å². The summed E-state index contributed by atoms with van der Waals surface area (Å²) >= 11 is 0. The van der Waals surface area contributed by atoms with E-state index in [1.165, 1.54) is 12.1 Å². The van der Waals surface area contributed by atoms with E-state index in [0.29, 0.717) is 17.1 Å². The van der Waals surface area contributed by atoms with Crippen LogP contribution in [0.1, 0.15) is 0 Å². The maximum absolute atomic E-state index is 12.5. The fraction of sp³-hybridized carbons (Fsp3) is 0. The normalized spacial score (nSPS) is 11.7. The molecule has 0 amide bonds. The molecular weight excluding hydrogens is 386 g/mol. The number of hydrogen-bond acceptors (Lipinski definition) is 6. The van der Waals surface area contributed by atoms with Crippen LogP contribution in [0.2, 0.25) is 0 Å². The van der Waals surface area contributed by atoms with Crippen LogP contribution in [0, 0.1) is 0 Å². The number of hydrogen-bond donors (Lipinski definition) is 1. The number of benzene rings is 4. The number of anilines is 1. The maximum Gasteiger partial charge on any atom is 0.317 e. The van der Waals surface area contributed by atoms with Crippen molar-refractivity contribution in [2.75, 3.05) is 5.48 Å². The van der Waals surface area contributed by atoms with Gasteiger partial charge in [-0.15, -0.1) is 4.28 Å². The van der Waals surface area contributed by atoms with Crippen LogP contribution in [0.3, 0.4) is 0 Å². The molecule has 0 fully saturated rings. The van der Waals surface area contributed by atoms with Gasteiger partial charge in [0.1, 0.15) is 0 Å². The first-order chi connectivity index (χ1) is 14.1. The Hall–Kier alpha value is -3.55. The average Bonchev–Trinajstić information content (AvgIpc) is 2.77. The van der Waals surface area contributed by atoms with Gasteiger partial charge >= 0.3 is 10.1 Å². The third-order valence-corrected chi connectivity index (χ3v) is 5.37. The first-order valence-electron chi connectivity index (χ1n) is 8.86. The summed E-state index contributed by atoms with van der Waals surface area (Å²) in [5.74, 6) is 0. The highest BCUT2D eigenvalue weighted by Crippen LogP contribution is 2.25. The monoisotopic (exact) mass is 403 g/mol. The molecular formula is C22H17N3O3S. The van der Waals surface area contributed by atoms with Crippen LogP contribution >= 0.6 is 0 Å². The molecule has 29 heavy (non-hydrogen) atoms. The molecule has 0 aliphatic carbocycles. The Bertz CT molecular complexity index is 1250. The lowest BCUT2D eigenvalue weighted by molar-refractivity contribution is 0.391. The van der Waals surface area contributed by atoms with Gasteiger partial charge in [0.25, 0.3) is 0 Å². The minimum Gasteiger partial charge on any atom is -0.249 e. The van der Waals surface area contributed by atoms with Gasteiger partial charge in [-0.3, -0.25) is 0 Å². The topological polar surface area (TPSA) is 80.1 Å². The molecule has 7 heteroatoms. The minimum atomic E-state index is -3.99. The van der Waals surface area contributed by atoms with Crippen molar-refractivity contribution in [2.45, 2.75) is 4.90 Å². The van der Waals surface area contributed by atoms with Gasteiger partial charge in [-0.05, 0) is 47.9 Å². The van der Waals surface area contributed by atoms with Gasteiger partial charge in [-0.25, -0.2) is 5.48 Å². The highest BCUT2D eigenvalue weighted by Gasteiger charge is 2.16. The van der Waals surface area contributed by atoms with Crippen molar-refractivity contribution in [3.05, 3.63) is 97.1 Å². The predicted octanol–water partition coefficient (Wildman–Crippen LogP) is 5.99. The largest absolute Gasteiger partial charge is 0.317 e. The van der Waals surface area contributed by atoms with Gasteiger partial charge in [0.2, 0.25) is 0 Å². The molecule has 6 nitrogen and oxygen atoms in total. The lowest BCUT2D eigenvalue weighted by atomic mass is 10.1. The van der Waals surface area contributed by atoms with Gasteiger partial charge in [0.15, 0.2) is 0 Å². The first-order valence-corrected chi connectivity index (χ1v) is 10.3. The SMILES string of the molecule is O=S(=O)(ONc1cccc2ccccc12)c1ccc(/N=N/c2ccccc2)cc1. The fourth-order valence-electron chi connectivity index (χ4n) is 2.75. The quantitative estimate of drug-likeness (QED) is 0.317. The Labute approximate surface area is 168 Å². The maximum atomic E-state index is 12.5. The molecule has 144 valence electrons. The molecule has 4 aromatic rings. The van der Waals surface area contributed by atoms with Gasteiger partial charge in [0, 0.05) is 5.39 Å². The molecule has 0 atom stereocenters. The zero-order valence-electron chi connectivity index (χ0n) is 15.3. The summed E-state index contributed by atoms with van der Waals surface area (Å²) < 4.78 is 30.0. The second kappa shape index (κ2) is 8.22. The summed E-state index contributed by atoms with van der Waals surface area (Å²) in [5, 5.41) is 10.0. The Morgan fingerprint density at radius 3 is 2.03 bits per heavy atom. The fourth-order valence-corrected chi connectivity index (χ4v) is 3.52. The van der Waals surface area contributed by atoms with E-state index in [1.54, 1.807) is 18.2 Å². The van der Waals surface area contributed by atoms with Crippen LogP contribution in [0.5, 0.6) is 0 Å². The van der Waals surface area contributed by atoms with Crippen LogP contribution in [0.4, 0.5) is 17.1 Å². The smallest absolute Gasteiger partial charge is 0.249 e. The molecule has 4 aromatic carbocycles. The number of rotatable bonds is 6. The van der Waals surface area contributed by atoms with Crippen molar-refractivity contribution in [1.29, 1.82) is 0 Å². The summed E-state index contributed by atoms with van der Waals surface area (Å²) in [6.45, 7) is 0. The van der Waals surface area contributed by atoms with Crippen LogP contribution < -0.4 is 5.48 Å². The van der Waals surface area contributed by atoms with Gasteiger partial charge in [0.05, 0.1) is 22.0 Å². The molecule has 0 aliphatic heterocycles. The molecule has 0 saturated heterocycles. The first kappa shape index (κ1) is 18.8. The molecule has 0 unspecified atom stereocenters. The highest BCUT2D eigenvalue weighted by molar-refractivity contribution is 7.86. The highest BCUT2D eigenvalue weighted by atomic mass is 32.2. The summed E-state index contributed by atoms with van der Waals surface area (Å²) in [4.78, 5) is 0.0175. The molecule has 0 saturated carbocycles. The number of nitrogens with one attached hydrogen (secondary N) is 1. The third-order valence-electron chi connectivity index (χ3n) is 4.21. The Morgan fingerprint density at radius 1 is 0.655 bits per heavy atom. The summed E-state index contributed by atoms with van der Waals surface area (Å²) in [7, 11) is -3.99. The van der Waals surface area contributed by atoms with Crippen molar-refractivity contribution < 1.29 is 12.7 Å². The molecule has 4 rings (SSSR count). The van der Waals surface area contributed by atoms with Gasteiger partial charge in [-0.1, -0.05) is 54.6 Å². The predicted molar refractivity (Wildman–Crippen MR) is 113 cm³/mol. The summed E-state index contributed by atoms with van der Waals surface area (Å²) in [6, 6.07) is 28.4. The Morgan fingerprint density at radius 2 is 1.28 bits per heavy atom. The molecule has 0 aromatic heterocycles. The lowest BCUT2D eigenvalue weighted by Gasteiger charge is -2.10. The van der Waals surface area contributed by atoms with E-state index in [1.807, 2.05) is 66.7 Å². The van der Waals surface area contributed by atoms with Crippen LogP contribution in [-0.2, 0) is 14.4 Å². The molecule has 1 N–H and O–H groups in total. The minimum absolute atomic E-state index is 0.0175. The second-order valence-electron chi connectivity index (χ2n) is 6.20. The number of nitrogens with zero attached hydrogens (tertiary/aromatic N) is 2. The van der Waals surface area contributed by atoms with Crippen molar-refractivity contribution in [3.8, 4) is 0 Å². The van der Waals surface area contributed by atoms with E-state index < -0.39 is 10.1 Å². The molecule has 0 spiro atoms. The molecule has 0 bridgehead atoms. The van der Waals surface area contributed by atoms with Crippen molar-refractivity contribution in [1.82, 2.24) is 0 Å². The van der Waals surface area contributed by atoms with Crippen molar-refractivity contribution in [3.63, 3.8) is 0 Å². The van der Waals surface area contributed by atoms with Gasteiger partial charge in [-0.2, -0.15) is 18.6 Å². The Balaban J connectivity index is 1.48. The van der Waals surface area contributed by atoms with E-state index in [4.69, 9.17) is 4.28 Å². The van der Waals surface area contributed by atoms with E-state index in [2.05, 4.69) is 15.7 Å². The third kappa shape index (κ3) is 4.48. The second-order valence-corrected chi connectivity index (χ2v) is 7.74. The lowest BCUT2D eigenvalue weighted by Crippen LogP contribution is -2.11. The molecule has 0 aliphatic rings. The van der Waals surface area contributed by atoms with Crippen molar-refractivity contribution >= 4 is 38.0 Å². The number of fused-ring (bicyclic) bond motifs is 1. The summed E-state index contributed by atoms with van der Waals surface area (Å²) in [5.41, 5.74) is 4.38.